The van der Waals surface area contributed by atoms with E-state index in [1.165, 1.54) is 0 Å². The molecule has 8 nitrogen and oxygen atoms in total. The zero-order chi connectivity index (χ0) is 17.1. The second-order valence-corrected chi connectivity index (χ2v) is 9.45. The maximum Gasteiger partial charge on any atom is 0.500 e. The van der Waals surface area contributed by atoms with Crippen LogP contribution < -0.4 is 0 Å². The van der Waals surface area contributed by atoms with Crippen molar-refractivity contribution in [2.45, 2.75) is 58.3 Å². The average molecular weight is 354 g/mol. The smallest absolute Gasteiger partial charge is 0.374 e. The van der Waals surface area contributed by atoms with Crippen molar-refractivity contribution in [2.24, 2.45) is 4.52 Å². The fourth-order valence-corrected chi connectivity index (χ4v) is 5.47. The van der Waals surface area contributed by atoms with Crippen molar-refractivity contribution in [2.75, 3.05) is 19.8 Å². The molecule has 0 heterocycles. The lowest BCUT2D eigenvalue weighted by Crippen LogP contribution is -2.45. The van der Waals surface area contributed by atoms with Crippen LogP contribution in [-0.2, 0) is 23.3 Å². The molecule has 0 radical (unpaired) electrons. The third-order valence-electron chi connectivity index (χ3n) is 3.10. The highest BCUT2D eigenvalue weighted by Crippen LogP contribution is 2.21. The number of nitrogens with zero attached hydrogens (tertiary/aromatic N) is 3. The third-order valence-corrected chi connectivity index (χ3v) is 7.80. The predicted molar refractivity (Wildman–Crippen MR) is 86.8 cm³/mol. The van der Waals surface area contributed by atoms with E-state index in [0.29, 0.717) is 38.7 Å². The lowest BCUT2D eigenvalue weighted by atomic mass is 10.2. The molecule has 0 aromatic carbocycles. The molecule has 0 aromatic rings. The zero-order valence-electron chi connectivity index (χ0n) is 13.8. The normalized spacial score (nSPS) is 13.6. The number of rotatable bonds is 13. The Morgan fingerprint density at radius 1 is 1.09 bits per heavy atom. The first kappa shape index (κ1) is 21.4. The van der Waals surface area contributed by atoms with Crippen molar-refractivity contribution in [3.05, 3.63) is 10.4 Å². The summed E-state index contributed by atoms with van der Waals surface area (Å²) >= 11 is 0. The Kier molecular flexibility index (Phi) is 10.7. The molecule has 10 heteroatoms. The summed E-state index contributed by atoms with van der Waals surface area (Å²) in [6.07, 6.45) is 1.84. The SMILES string of the molecule is CCO[Si](CCCCC(C)S(=O)(=O)N=[N+]=[N-])(OCC)OCC. The van der Waals surface area contributed by atoms with E-state index in [1.807, 2.05) is 20.8 Å². The quantitative estimate of drug-likeness (QED) is 0.166. The van der Waals surface area contributed by atoms with Gasteiger partial charge in [-0.05, 0) is 46.1 Å². The summed E-state index contributed by atoms with van der Waals surface area (Å²) in [4.78, 5) is 2.35. The third kappa shape index (κ3) is 7.57. The van der Waals surface area contributed by atoms with E-state index >= 15 is 0 Å². The number of hydrogen-bond donors (Lipinski definition) is 0. The van der Waals surface area contributed by atoms with Gasteiger partial charge >= 0.3 is 8.80 Å². The van der Waals surface area contributed by atoms with Gasteiger partial charge in [0, 0.05) is 35.3 Å². The van der Waals surface area contributed by atoms with Gasteiger partial charge in [-0.15, -0.1) is 0 Å². The molecule has 1 unspecified atom stereocenters. The Morgan fingerprint density at radius 3 is 2.00 bits per heavy atom. The van der Waals surface area contributed by atoms with Gasteiger partial charge in [-0.25, -0.2) is 8.42 Å². The Morgan fingerprint density at radius 2 is 1.59 bits per heavy atom. The van der Waals surface area contributed by atoms with Crippen LogP contribution in [0, 0.1) is 0 Å². The standard InChI is InChI=1S/C12H27N3O5SSi/c1-5-18-22(19-6-2,20-7-3)11-9-8-10-12(4)21(16,17)15-14-13/h12H,5-11H2,1-4H3. The molecular weight excluding hydrogens is 326 g/mol. The van der Waals surface area contributed by atoms with Crippen molar-refractivity contribution >= 4 is 18.8 Å². The molecule has 0 saturated heterocycles. The minimum atomic E-state index is -3.73. The second-order valence-electron chi connectivity index (χ2n) is 4.72. The van der Waals surface area contributed by atoms with E-state index in [1.54, 1.807) is 6.92 Å². The Labute approximate surface area is 134 Å². The fraction of sp³-hybridized carbons (Fsp3) is 1.00. The van der Waals surface area contributed by atoms with E-state index in [0.717, 1.165) is 6.42 Å². The van der Waals surface area contributed by atoms with Crippen molar-refractivity contribution in [3.63, 3.8) is 0 Å². The number of azide groups is 1. The van der Waals surface area contributed by atoms with E-state index in [9.17, 15) is 8.42 Å². The van der Waals surface area contributed by atoms with Crippen LogP contribution in [0.15, 0.2) is 4.52 Å². The van der Waals surface area contributed by atoms with E-state index < -0.39 is 24.1 Å². The van der Waals surface area contributed by atoms with Crippen molar-refractivity contribution < 1.29 is 21.7 Å². The molecule has 0 N–H and O–H groups in total. The van der Waals surface area contributed by atoms with Gasteiger partial charge < -0.3 is 13.3 Å². The van der Waals surface area contributed by atoms with E-state index in [-0.39, 0.29) is 0 Å². The molecule has 0 spiro atoms. The topological polar surface area (TPSA) is 111 Å². The Balaban J connectivity index is 4.47. The summed E-state index contributed by atoms with van der Waals surface area (Å²) in [5.41, 5.74) is 8.24. The summed E-state index contributed by atoms with van der Waals surface area (Å²) in [5.74, 6) is 0. The largest absolute Gasteiger partial charge is 0.500 e. The fourth-order valence-electron chi connectivity index (χ4n) is 2.05. The highest BCUT2D eigenvalue weighted by Gasteiger charge is 2.39. The molecule has 0 aliphatic carbocycles. The van der Waals surface area contributed by atoms with Crippen LogP contribution in [0.2, 0.25) is 6.04 Å². The molecule has 0 aromatic heterocycles. The lowest BCUT2D eigenvalue weighted by molar-refractivity contribution is 0.0706. The maximum atomic E-state index is 11.5. The molecule has 0 rings (SSSR count). The summed E-state index contributed by atoms with van der Waals surface area (Å²) < 4.78 is 43.1. The first-order valence-corrected chi connectivity index (χ1v) is 11.0. The zero-order valence-corrected chi connectivity index (χ0v) is 15.6. The minimum Gasteiger partial charge on any atom is -0.374 e. The maximum absolute atomic E-state index is 11.5. The van der Waals surface area contributed by atoms with Crippen molar-refractivity contribution in [3.8, 4) is 0 Å². The highest BCUT2D eigenvalue weighted by molar-refractivity contribution is 7.90. The first-order chi connectivity index (χ1) is 10.4. The molecule has 22 heavy (non-hydrogen) atoms. The van der Waals surface area contributed by atoms with Gasteiger partial charge in [0.1, 0.15) is 0 Å². The van der Waals surface area contributed by atoms with Crippen LogP contribution >= 0.6 is 0 Å². The monoisotopic (exact) mass is 353 g/mol. The van der Waals surface area contributed by atoms with Crippen LogP contribution in [0.25, 0.3) is 10.4 Å². The van der Waals surface area contributed by atoms with Gasteiger partial charge in [-0.2, -0.15) is 0 Å². The van der Waals surface area contributed by atoms with Crippen LogP contribution in [-0.4, -0.2) is 42.3 Å². The second kappa shape index (κ2) is 11.0. The van der Waals surface area contributed by atoms with Gasteiger partial charge in [0.15, 0.2) is 0 Å². The predicted octanol–water partition coefficient (Wildman–Crippen LogP) is 3.23. The Hall–Kier alpha value is -0.643. The number of unbranched alkanes of at least 4 members (excludes halogenated alkanes) is 1. The van der Waals surface area contributed by atoms with Crippen LogP contribution in [0.1, 0.15) is 47.0 Å². The number of sulfonamides is 1. The number of hydrogen-bond acceptors (Lipinski definition) is 5. The molecule has 0 aliphatic heterocycles. The van der Waals surface area contributed by atoms with Crippen molar-refractivity contribution in [1.82, 2.24) is 0 Å². The first-order valence-electron chi connectivity index (χ1n) is 7.59. The van der Waals surface area contributed by atoms with Gasteiger partial charge in [0.2, 0.25) is 10.0 Å². The minimum absolute atomic E-state index is 0.427. The molecule has 0 bridgehead atoms. The highest BCUT2D eigenvalue weighted by atomic mass is 32.2. The summed E-state index contributed by atoms with van der Waals surface area (Å²) in [6.45, 7) is 8.80. The van der Waals surface area contributed by atoms with Crippen LogP contribution in [0.4, 0.5) is 0 Å². The van der Waals surface area contributed by atoms with Crippen molar-refractivity contribution in [1.29, 1.82) is 0 Å². The van der Waals surface area contributed by atoms with Crippen LogP contribution in [0.5, 0.6) is 0 Å². The van der Waals surface area contributed by atoms with Gasteiger partial charge in [0.05, 0.1) is 5.25 Å². The molecular formula is C12H27N3O5SSi. The summed E-state index contributed by atoms with van der Waals surface area (Å²) in [7, 11) is -6.39. The summed E-state index contributed by atoms with van der Waals surface area (Å²) in [5, 5.41) is -0.689. The molecule has 0 saturated carbocycles. The van der Waals surface area contributed by atoms with E-state index in [4.69, 9.17) is 18.8 Å². The molecule has 1 atom stereocenters. The van der Waals surface area contributed by atoms with Gasteiger partial charge in [-0.1, -0.05) is 6.42 Å². The van der Waals surface area contributed by atoms with E-state index in [2.05, 4.69) is 9.43 Å². The lowest BCUT2D eigenvalue weighted by Gasteiger charge is -2.28. The van der Waals surface area contributed by atoms with Crippen LogP contribution in [0.3, 0.4) is 0 Å². The average Bonchev–Trinajstić information content (AvgIpc) is 2.44. The summed E-state index contributed by atoms with van der Waals surface area (Å²) in [6, 6.07) is 0.650. The molecule has 0 aliphatic rings. The van der Waals surface area contributed by atoms with Gasteiger partial charge in [0.25, 0.3) is 0 Å². The van der Waals surface area contributed by atoms with Gasteiger partial charge in [-0.3, -0.25) is 0 Å². The molecule has 130 valence electrons. The Bertz CT molecular complexity index is 437. The molecule has 0 fully saturated rings. The molecule has 0 amide bonds.